The summed E-state index contributed by atoms with van der Waals surface area (Å²) in [6.07, 6.45) is 3.22. The molecule has 27 heavy (non-hydrogen) atoms. The molecule has 1 aromatic heterocycles. The van der Waals surface area contributed by atoms with E-state index in [4.69, 9.17) is 16.3 Å². The Bertz CT molecular complexity index is 935. The van der Waals surface area contributed by atoms with Gasteiger partial charge in [-0.25, -0.2) is 4.39 Å². The number of pyridine rings is 1. The summed E-state index contributed by atoms with van der Waals surface area (Å²) in [6, 6.07) is 12.8. The molecule has 7 heteroatoms. The quantitative estimate of drug-likeness (QED) is 0.569. The third kappa shape index (κ3) is 6.04. The maximum absolute atomic E-state index is 13.0. The fourth-order valence-corrected chi connectivity index (χ4v) is 2.68. The molecule has 0 amide bonds. The van der Waals surface area contributed by atoms with E-state index >= 15 is 0 Å². The molecule has 0 atom stereocenters. The van der Waals surface area contributed by atoms with Crippen LogP contribution in [0.2, 0.25) is 5.02 Å². The minimum absolute atomic E-state index is 0. The van der Waals surface area contributed by atoms with Crippen LogP contribution in [0.3, 0.4) is 0 Å². The van der Waals surface area contributed by atoms with E-state index in [1.54, 1.807) is 36.5 Å². The number of carboxylic acids is 1. The molecule has 0 aliphatic rings. The Balaban J connectivity index is 0.00000261. The van der Waals surface area contributed by atoms with Crippen molar-refractivity contribution in [1.29, 1.82) is 0 Å². The summed E-state index contributed by atoms with van der Waals surface area (Å²) in [5, 5.41) is 11.5. The number of rotatable bonds is 6. The van der Waals surface area contributed by atoms with Crippen LogP contribution in [-0.2, 0) is 13.0 Å². The van der Waals surface area contributed by atoms with Gasteiger partial charge >= 0.3 is 29.6 Å². The van der Waals surface area contributed by atoms with Crippen LogP contribution in [0.4, 0.5) is 4.39 Å². The number of carbonyl (C=O) groups is 1. The first-order chi connectivity index (χ1) is 12.5. The Labute approximate surface area is 183 Å². The third-order valence-electron chi connectivity index (χ3n) is 3.76. The second kappa shape index (κ2) is 9.85. The number of benzene rings is 2. The van der Waals surface area contributed by atoms with Crippen LogP contribution in [0.15, 0.2) is 60.9 Å². The first-order valence-electron chi connectivity index (χ1n) is 7.82. The standard InChI is InChI=1S/C20H15ClFNO3.Na/c21-17-3-6-19(26-12-13-1-4-18(22)5-2-13)15(9-17)7-14-8-16(20(24)25)11-23-10-14;/h1-6,8-11H,7,12H2,(H,24,25);/q;+1/p-1. The van der Waals surface area contributed by atoms with Crippen molar-refractivity contribution in [2.45, 2.75) is 13.0 Å². The predicted molar refractivity (Wildman–Crippen MR) is 93.6 cm³/mol. The first kappa shape index (κ1) is 21.4. The normalized spacial score (nSPS) is 10.1. The summed E-state index contributed by atoms with van der Waals surface area (Å²) in [4.78, 5) is 14.9. The molecule has 2 aromatic carbocycles. The molecule has 0 saturated carbocycles. The number of carbonyl (C=O) groups excluding carboxylic acids is 1. The molecule has 3 aromatic rings. The van der Waals surface area contributed by atoms with Crippen molar-refractivity contribution in [3.63, 3.8) is 0 Å². The molecule has 0 unspecified atom stereocenters. The van der Waals surface area contributed by atoms with Crippen LogP contribution >= 0.6 is 11.6 Å². The van der Waals surface area contributed by atoms with Crippen molar-refractivity contribution in [2.75, 3.05) is 0 Å². The molecule has 4 nitrogen and oxygen atoms in total. The summed E-state index contributed by atoms with van der Waals surface area (Å²) >= 11 is 6.08. The zero-order valence-electron chi connectivity index (χ0n) is 14.6. The molecule has 0 bridgehead atoms. The molecule has 1 heterocycles. The molecule has 132 valence electrons. The van der Waals surface area contributed by atoms with Crippen molar-refractivity contribution >= 4 is 17.6 Å². The van der Waals surface area contributed by atoms with E-state index in [1.165, 1.54) is 24.4 Å². The molecule has 0 fully saturated rings. The van der Waals surface area contributed by atoms with Gasteiger partial charge in [-0.15, -0.1) is 0 Å². The van der Waals surface area contributed by atoms with Crippen LogP contribution < -0.4 is 39.4 Å². The Morgan fingerprint density at radius 1 is 1.07 bits per heavy atom. The largest absolute Gasteiger partial charge is 1.00 e. The summed E-state index contributed by atoms with van der Waals surface area (Å²) in [5.41, 5.74) is 2.32. The number of aromatic carboxylic acids is 1. The fraction of sp³-hybridized carbons (Fsp3) is 0.100. The van der Waals surface area contributed by atoms with E-state index in [0.29, 0.717) is 22.8 Å². The zero-order chi connectivity index (χ0) is 18.5. The SMILES string of the molecule is O=C([O-])c1cncc(Cc2cc(Cl)ccc2OCc2ccc(F)cc2)c1.[Na+]. The molecule has 0 saturated heterocycles. The van der Waals surface area contributed by atoms with Crippen molar-refractivity contribution in [3.05, 3.63) is 94.0 Å². The average molecular weight is 394 g/mol. The van der Waals surface area contributed by atoms with E-state index in [9.17, 15) is 14.3 Å². The molecule has 3 rings (SSSR count). The van der Waals surface area contributed by atoms with Crippen molar-refractivity contribution in [3.8, 4) is 5.75 Å². The number of carboxylic acid groups (broad SMARTS) is 1. The van der Waals surface area contributed by atoms with Gasteiger partial charge in [-0.1, -0.05) is 23.7 Å². The van der Waals surface area contributed by atoms with E-state index in [0.717, 1.165) is 11.1 Å². The zero-order valence-corrected chi connectivity index (χ0v) is 17.4. The van der Waals surface area contributed by atoms with Crippen LogP contribution in [-0.4, -0.2) is 11.0 Å². The van der Waals surface area contributed by atoms with E-state index in [2.05, 4.69) is 4.98 Å². The second-order valence-corrected chi connectivity index (χ2v) is 6.15. The monoisotopic (exact) mass is 393 g/mol. The van der Waals surface area contributed by atoms with Crippen molar-refractivity contribution < 1.29 is 48.6 Å². The molecular weight excluding hydrogens is 380 g/mol. The second-order valence-electron chi connectivity index (χ2n) is 5.71. The number of nitrogens with zero attached hydrogens (tertiary/aromatic N) is 1. The maximum Gasteiger partial charge on any atom is 1.00 e. The summed E-state index contributed by atoms with van der Waals surface area (Å²) in [6.45, 7) is 0.270. The van der Waals surface area contributed by atoms with E-state index in [-0.39, 0.29) is 47.5 Å². The van der Waals surface area contributed by atoms with Gasteiger partial charge in [-0.3, -0.25) is 4.98 Å². The minimum atomic E-state index is -1.28. The van der Waals surface area contributed by atoms with Gasteiger partial charge in [-0.2, -0.15) is 0 Å². The number of hydrogen-bond donors (Lipinski definition) is 0. The fourth-order valence-electron chi connectivity index (χ4n) is 2.48. The Morgan fingerprint density at radius 3 is 2.52 bits per heavy atom. The van der Waals surface area contributed by atoms with Gasteiger partial charge in [0.1, 0.15) is 18.2 Å². The molecule has 0 aliphatic carbocycles. The Hall–Kier alpha value is -1.92. The van der Waals surface area contributed by atoms with Crippen molar-refractivity contribution in [2.24, 2.45) is 0 Å². The van der Waals surface area contributed by atoms with Crippen LogP contribution in [0, 0.1) is 5.82 Å². The summed E-state index contributed by atoms with van der Waals surface area (Å²) in [5.74, 6) is -0.975. The number of hydrogen-bond acceptors (Lipinski definition) is 4. The van der Waals surface area contributed by atoms with Crippen molar-refractivity contribution in [1.82, 2.24) is 4.98 Å². The van der Waals surface area contributed by atoms with Gasteiger partial charge in [0, 0.05) is 35.0 Å². The van der Waals surface area contributed by atoms with Gasteiger partial charge in [-0.05, 0) is 47.5 Å². The Morgan fingerprint density at radius 2 is 1.81 bits per heavy atom. The Kier molecular flexibility index (Phi) is 7.80. The van der Waals surface area contributed by atoms with Gasteiger partial charge in [0.05, 0.1) is 5.97 Å². The van der Waals surface area contributed by atoms with Gasteiger partial charge < -0.3 is 14.6 Å². The third-order valence-corrected chi connectivity index (χ3v) is 3.99. The predicted octanol–water partition coefficient (Wildman–Crippen LogP) is 0.411. The molecule has 0 radical (unpaired) electrons. The molecule has 0 aliphatic heterocycles. The van der Waals surface area contributed by atoms with Gasteiger partial charge in [0.2, 0.25) is 0 Å². The van der Waals surface area contributed by atoms with E-state index < -0.39 is 5.97 Å². The summed E-state index contributed by atoms with van der Waals surface area (Å²) < 4.78 is 18.8. The maximum atomic E-state index is 13.0. The van der Waals surface area contributed by atoms with Gasteiger partial charge in [0.15, 0.2) is 0 Å². The van der Waals surface area contributed by atoms with E-state index in [1.807, 2.05) is 0 Å². The summed E-state index contributed by atoms with van der Waals surface area (Å²) in [7, 11) is 0. The molecule has 0 N–H and O–H groups in total. The minimum Gasteiger partial charge on any atom is -0.545 e. The van der Waals surface area contributed by atoms with Crippen LogP contribution in [0.1, 0.15) is 27.0 Å². The molecular formula is C20H14ClFNNaO3. The molecule has 0 spiro atoms. The number of halogens is 2. The number of ether oxygens (including phenoxy) is 1. The smallest absolute Gasteiger partial charge is 0.545 e. The van der Waals surface area contributed by atoms with Gasteiger partial charge in [0.25, 0.3) is 0 Å². The number of aromatic nitrogens is 1. The van der Waals surface area contributed by atoms with Crippen LogP contribution in [0.25, 0.3) is 0 Å². The first-order valence-corrected chi connectivity index (χ1v) is 8.20. The van der Waals surface area contributed by atoms with Crippen LogP contribution in [0.5, 0.6) is 5.75 Å². The topological polar surface area (TPSA) is 62.2 Å². The average Bonchev–Trinajstić information content (AvgIpc) is 2.63.